The molecule has 0 aromatic carbocycles. The van der Waals surface area contributed by atoms with Crippen molar-refractivity contribution in [1.29, 1.82) is 0 Å². The predicted molar refractivity (Wildman–Crippen MR) is 56.6 cm³/mol. The standard InChI is InChI=1S/C9H21NO2Si/c1-2-11-8-12-9-4-3-7-13-10-6-5-9/h9-10H,2-8,13H2,1H3. The first-order valence-electron chi connectivity index (χ1n) is 5.33. The zero-order valence-corrected chi connectivity index (χ0v) is 9.96. The molecule has 0 saturated carbocycles. The average molecular weight is 203 g/mol. The Hall–Kier alpha value is 0.0969. The lowest BCUT2D eigenvalue weighted by molar-refractivity contribution is -0.0901. The Balaban J connectivity index is 2.06. The summed E-state index contributed by atoms with van der Waals surface area (Å²) in [5.41, 5.74) is 0. The first kappa shape index (κ1) is 11.2. The van der Waals surface area contributed by atoms with Crippen molar-refractivity contribution in [2.24, 2.45) is 0 Å². The molecule has 0 aromatic heterocycles. The molecule has 1 atom stereocenters. The molecule has 0 aromatic rings. The van der Waals surface area contributed by atoms with Crippen LogP contribution in [0.1, 0.15) is 26.2 Å². The summed E-state index contributed by atoms with van der Waals surface area (Å²) in [7, 11) is 0.0685. The molecule has 1 heterocycles. The molecular weight excluding hydrogens is 182 g/mol. The zero-order valence-electron chi connectivity index (χ0n) is 8.55. The summed E-state index contributed by atoms with van der Waals surface area (Å²) in [5.74, 6) is 0. The Morgan fingerprint density at radius 1 is 1.46 bits per heavy atom. The Labute approximate surface area is 83.1 Å². The van der Waals surface area contributed by atoms with Gasteiger partial charge in [-0.3, -0.25) is 0 Å². The molecule has 0 aliphatic carbocycles. The van der Waals surface area contributed by atoms with E-state index in [1.165, 1.54) is 18.9 Å². The molecule has 0 spiro atoms. The van der Waals surface area contributed by atoms with Gasteiger partial charge in [-0.25, -0.2) is 0 Å². The summed E-state index contributed by atoms with van der Waals surface area (Å²) in [4.78, 5) is 3.53. The molecule has 1 fully saturated rings. The highest BCUT2D eigenvalue weighted by Gasteiger charge is 2.10. The number of nitrogens with one attached hydrogen (secondary N) is 1. The fourth-order valence-electron chi connectivity index (χ4n) is 1.55. The van der Waals surface area contributed by atoms with E-state index in [2.05, 4.69) is 4.98 Å². The highest BCUT2D eigenvalue weighted by Crippen LogP contribution is 2.10. The SMILES string of the molecule is CCOCOC1CCC[SiH2]NCC1. The van der Waals surface area contributed by atoms with Gasteiger partial charge in [0.2, 0.25) is 0 Å². The van der Waals surface area contributed by atoms with Crippen molar-refractivity contribution in [2.75, 3.05) is 19.9 Å². The monoisotopic (exact) mass is 203 g/mol. The molecule has 1 unspecified atom stereocenters. The van der Waals surface area contributed by atoms with E-state index in [0.29, 0.717) is 12.9 Å². The molecule has 78 valence electrons. The van der Waals surface area contributed by atoms with Crippen molar-refractivity contribution < 1.29 is 9.47 Å². The van der Waals surface area contributed by atoms with Crippen LogP contribution < -0.4 is 4.98 Å². The third kappa shape index (κ3) is 5.41. The van der Waals surface area contributed by atoms with Crippen molar-refractivity contribution in [2.45, 2.75) is 38.3 Å². The second-order valence-corrected chi connectivity index (χ2v) is 5.14. The minimum absolute atomic E-state index is 0.0685. The van der Waals surface area contributed by atoms with Gasteiger partial charge in [-0.1, -0.05) is 6.42 Å². The van der Waals surface area contributed by atoms with Crippen LogP contribution in [0.2, 0.25) is 6.04 Å². The van der Waals surface area contributed by atoms with Crippen molar-refractivity contribution in [1.82, 2.24) is 4.98 Å². The molecule has 0 radical (unpaired) electrons. The normalized spacial score (nSPS) is 27.0. The Kier molecular flexibility index (Phi) is 6.44. The first-order chi connectivity index (χ1) is 6.43. The number of hydrogen-bond acceptors (Lipinski definition) is 3. The molecular formula is C9H21NO2Si. The summed E-state index contributed by atoms with van der Waals surface area (Å²) in [6, 6.07) is 1.41. The number of hydrogen-bond donors (Lipinski definition) is 1. The minimum atomic E-state index is 0.0685. The quantitative estimate of drug-likeness (QED) is 0.413. The molecule has 0 amide bonds. The second kappa shape index (κ2) is 7.50. The molecule has 3 nitrogen and oxygen atoms in total. The van der Waals surface area contributed by atoms with E-state index < -0.39 is 0 Å². The topological polar surface area (TPSA) is 30.5 Å². The molecule has 4 heteroatoms. The van der Waals surface area contributed by atoms with E-state index in [1.807, 2.05) is 6.92 Å². The Morgan fingerprint density at radius 3 is 3.23 bits per heavy atom. The molecule has 1 aliphatic heterocycles. The lowest BCUT2D eigenvalue weighted by Gasteiger charge is -2.20. The molecule has 1 rings (SSSR count). The van der Waals surface area contributed by atoms with Crippen LogP contribution in [0.25, 0.3) is 0 Å². The van der Waals surface area contributed by atoms with Crippen LogP contribution in [-0.2, 0) is 9.47 Å². The van der Waals surface area contributed by atoms with Crippen LogP contribution in [-0.4, -0.2) is 35.7 Å². The van der Waals surface area contributed by atoms with E-state index in [0.717, 1.165) is 19.6 Å². The molecule has 1 aliphatic rings. The van der Waals surface area contributed by atoms with E-state index >= 15 is 0 Å². The smallest absolute Gasteiger partial charge is 0.147 e. The first-order valence-corrected chi connectivity index (χ1v) is 7.04. The predicted octanol–water partition coefficient (Wildman–Crippen LogP) is 0.641. The third-order valence-electron chi connectivity index (χ3n) is 2.36. The van der Waals surface area contributed by atoms with Crippen molar-refractivity contribution in [3.8, 4) is 0 Å². The van der Waals surface area contributed by atoms with E-state index in [9.17, 15) is 0 Å². The van der Waals surface area contributed by atoms with Crippen molar-refractivity contribution >= 4 is 9.68 Å². The van der Waals surface area contributed by atoms with Gasteiger partial charge in [-0.2, -0.15) is 0 Å². The van der Waals surface area contributed by atoms with Gasteiger partial charge < -0.3 is 14.5 Å². The summed E-state index contributed by atoms with van der Waals surface area (Å²) in [6.07, 6.45) is 4.13. The highest BCUT2D eigenvalue weighted by molar-refractivity contribution is 6.32. The molecule has 1 N–H and O–H groups in total. The fraction of sp³-hybridized carbons (Fsp3) is 1.00. The maximum Gasteiger partial charge on any atom is 0.147 e. The van der Waals surface area contributed by atoms with Gasteiger partial charge in [0.25, 0.3) is 0 Å². The van der Waals surface area contributed by atoms with Crippen LogP contribution >= 0.6 is 0 Å². The Morgan fingerprint density at radius 2 is 2.38 bits per heavy atom. The summed E-state index contributed by atoms with van der Waals surface area (Å²) < 4.78 is 10.8. The maximum absolute atomic E-state index is 5.61. The Bertz CT molecular complexity index is 116. The van der Waals surface area contributed by atoms with Crippen molar-refractivity contribution in [3.63, 3.8) is 0 Å². The zero-order chi connectivity index (χ0) is 9.36. The maximum atomic E-state index is 5.61. The largest absolute Gasteiger partial charge is 0.356 e. The van der Waals surface area contributed by atoms with Gasteiger partial charge in [0.1, 0.15) is 6.79 Å². The van der Waals surface area contributed by atoms with Gasteiger partial charge in [-0.15, -0.1) is 0 Å². The average Bonchev–Trinajstić information content (AvgIpc) is 2.08. The van der Waals surface area contributed by atoms with Crippen LogP contribution in [0.4, 0.5) is 0 Å². The molecule has 1 saturated heterocycles. The number of ether oxygens (including phenoxy) is 2. The number of rotatable bonds is 4. The summed E-state index contributed by atoms with van der Waals surface area (Å²) >= 11 is 0. The van der Waals surface area contributed by atoms with Gasteiger partial charge >= 0.3 is 0 Å². The molecule has 0 bridgehead atoms. The summed E-state index contributed by atoms with van der Waals surface area (Å²) in [5, 5.41) is 0. The second-order valence-electron chi connectivity index (χ2n) is 3.43. The van der Waals surface area contributed by atoms with Crippen LogP contribution in [0.15, 0.2) is 0 Å². The van der Waals surface area contributed by atoms with E-state index in [4.69, 9.17) is 9.47 Å². The molecule has 13 heavy (non-hydrogen) atoms. The lowest BCUT2D eigenvalue weighted by atomic mass is 10.1. The van der Waals surface area contributed by atoms with Crippen LogP contribution in [0.5, 0.6) is 0 Å². The minimum Gasteiger partial charge on any atom is -0.356 e. The summed E-state index contributed by atoms with van der Waals surface area (Å²) in [6.45, 7) is 4.36. The van der Waals surface area contributed by atoms with Gasteiger partial charge in [0.15, 0.2) is 0 Å². The van der Waals surface area contributed by atoms with Gasteiger partial charge in [0.05, 0.1) is 15.8 Å². The van der Waals surface area contributed by atoms with Crippen LogP contribution in [0, 0.1) is 0 Å². The van der Waals surface area contributed by atoms with E-state index in [1.54, 1.807) is 0 Å². The van der Waals surface area contributed by atoms with E-state index in [-0.39, 0.29) is 9.68 Å². The van der Waals surface area contributed by atoms with Crippen molar-refractivity contribution in [3.05, 3.63) is 0 Å². The highest BCUT2D eigenvalue weighted by atomic mass is 28.2. The lowest BCUT2D eigenvalue weighted by Crippen LogP contribution is -2.28. The van der Waals surface area contributed by atoms with Gasteiger partial charge in [-0.05, 0) is 32.4 Å². The van der Waals surface area contributed by atoms with Crippen LogP contribution in [0.3, 0.4) is 0 Å². The van der Waals surface area contributed by atoms with Gasteiger partial charge in [0, 0.05) is 6.61 Å². The third-order valence-corrected chi connectivity index (χ3v) is 3.92. The fourth-order valence-corrected chi connectivity index (χ4v) is 2.79.